The van der Waals surface area contributed by atoms with Crippen LogP contribution in [0.3, 0.4) is 0 Å². The molecule has 29 heavy (non-hydrogen) atoms. The van der Waals surface area contributed by atoms with Gasteiger partial charge in [0.05, 0.1) is 5.56 Å². The average molecular weight is 405 g/mol. The van der Waals surface area contributed by atoms with Gasteiger partial charge in [-0.15, -0.1) is 0 Å². The SMILES string of the molecule is CCCC=CCOc1ccc(-c2ccc(C#Cc3ccc(Cl)cc3F)cc2)cc1. The quantitative estimate of drug-likeness (QED) is 0.310. The number of ether oxygens (including phenoxy) is 1. The molecule has 0 atom stereocenters. The molecule has 0 saturated heterocycles. The maximum Gasteiger partial charge on any atom is 0.140 e. The normalized spacial score (nSPS) is 10.6. The monoisotopic (exact) mass is 404 g/mol. The summed E-state index contributed by atoms with van der Waals surface area (Å²) in [6.45, 7) is 2.74. The van der Waals surface area contributed by atoms with Gasteiger partial charge in [0, 0.05) is 10.6 Å². The van der Waals surface area contributed by atoms with E-state index in [0.29, 0.717) is 17.2 Å². The number of unbranched alkanes of at least 4 members (excludes halogenated alkanes) is 1. The van der Waals surface area contributed by atoms with Crippen LogP contribution in [0.1, 0.15) is 30.9 Å². The zero-order chi connectivity index (χ0) is 20.5. The highest BCUT2D eigenvalue weighted by Gasteiger charge is 2.01. The highest BCUT2D eigenvalue weighted by Crippen LogP contribution is 2.23. The standard InChI is InChI=1S/C26H22ClFO/c1-2-3-4-5-18-29-25-16-13-22(14-17-25)21-9-6-20(7-10-21)8-11-23-12-15-24(27)19-26(23)28/h4-7,9-10,12-17,19H,2-3,18H2,1H3. The van der Waals surface area contributed by atoms with Gasteiger partial charge >= 0.3 is 0 Å². The molecule has 0 amide bonds. The third kappa shape index (κ3) is 6.24. The first kappa shape index (κ1) is 20.7. The number of halogens is 2. The molecule has 1 nitrogen and oxygen atoms in total. The first-order valence-electron chi connectivity index (χ1n) is 9.61. The number of rotatable bonds is 6. The molecule has 0 unspecified atom stereocenters. The van der Waals surface area contributed by atoms with Crippen LogP contribution >= 0.6 is 11.6 Å². The van der Waals surface area contributed by atoms with Gasteiger partial charge in [-0.3, -0.25) is 0 Å². The predicted molar refractivity (Wildman–Crippen MR) is 119 cm³/mol. The summed E-state index contributed by atoms with van der Waals surface area (Å²) in [5.41, 5.74) is 3.34. The molecule has 0 N–H and O–H groups in total. The maximum absolute atomic E-state index is 13.8. The van der Waals surface area contributed by atoms with Crippen molar-refractivity contribution in [2.24, 2.45) is 0 Å². The first-order valence-corrected chi connectivity index (χ1v) is 9.99. The highest BCUT2D eigenvalue weighted by molar-refractivity contribution is 6.30. The van der Waals surface area contributed by atoms with E-state index in [1.54, 1.807) is 12.1 Å². The number of hydrogen-bond donors (Lipinski definition) is 0. The molecule has 3 rings (SSSR count). The van der Waals surface area contributed by atoms with Crippen LogP contribution in [0.5, 0.6) is 5.75 Å². The van der Waals surface area contributed by atoms with Gasteiger partial charge in [-0.25, -0.2) is 4.39 Å². The minimum absolute atomic E-state index is 0.332. The van der Waals surface area contributed by atoms with Crippen molar-refractivity contribution in [2.75, 3.05) is 6.61 Å². The molecule has 3 heteroatoms. The van der Waals surface area contributed by atoms with Crippen molar-refractivity contribution in [3.8, 4) is 28.7 Å². The number of allylic oxidation sites excluding steroid dienone is 1. The fourth-order valence-electron chi connectivity index (χ4n) is 2.72. The summed E-state index contributed by atoms with van der Waals surface area (Å²) in [5.74, 6) is 6.27. The van der Waals surface area contributed by atoms with E-state index in [4.69, 9.17) is 16.3 Å². The molecule has 0 aliphatic rings. The molecular weight excluding hydrogens is 383 g/mol. The molecule has 0 saturated carbocycles. The minimum atomic E-state index is -0.412. The molecule has 0 fully saturated rings. The molecule has 3 aromatic carbocycles. The summed E-state index contributed by atoms with van der Waals surface area (Å²) in [4.78, 5) is 0. The second kappa shape index (κ2) is 10.5. The molecule has 0 aliphatic carbocycles. The summed E-state index contributed by atoms with van der Waals surface area (Å²) in [6, 6.07) is 20.4. The Labute approximate surface area is 176 Å². The minimum Gasteiger partial charge on any atom is -0.490 e. The van der Waals surface area contributed by atoms with Crippen LogP contribution in [-0.4, -0.2) is 6.61 Å². The Hall–Kier alpha value is -3.02. The van der Waals surface area contributed by atoms with Crippen molar-refractivity contribution < 1.29 is 9.13 Å². The van der Waals surface area contributed by atoms with Gasteiger partial charge < -0.3 is 4.74 Å². The van der Waals surface area contributed by atoms with Crippen molar-refractivity contribution in [2.45, 2.75) is 19.8 Å². The lowest BCUT2D eigenvalue weighted by molar-refractivity contribution is 0.362. The van der Waals surface area contributed by atoms with Gasteiger partial charge in [-0.1, -0.05) is 73.2 Å². The Bertz CT molecular complexity index is 1030. The van der Waals surface area contributed by atoms with E-state index in [-0.39, 0.29) is 0 Å². The lowest BCUT2D eigenvalue weighted by Crippen LogP contribution is -1.93. The maximum atomic E-state index is 13.8. The molecule has 0 spiro atoms. The summed E-state index contributed by atoms with van der Waals surface area (Å²) < 4.78 is 19.5. The van der Waals surface area contributed by atoms with Crippen molar-refractivity contribution >= 4 is 11.6 Å². The average Bonchev–Trinajstić information content (AvgIpc) is 2.74. The molecule has 0 aromatic heterocycles. The first-order chi connectivity index (χ1) is 14.2. The summed E-state index contributed by atoms with van der Waals surface area (Å²) >= 11 is 5.76. The van der Waals surface area contributed by atoms with E-state index >= 15 is 0 Å². The second-order valence-electron chi connectivity index (χ2n) is 6.55. The lowest BCUT2D eigenvalue weighted by Gasteiger charge is -2.06. The Balaban J connectivity index is 1.63. The molecule has 0 bridgehead atoms. The summed E-state index contributed by atoms with van der Waals surface area (Å²) in [6.07, 6.45) is 6.41. The Kier molecular flexibility index (Phi) is 7.50. The van der Waals surface area contributed by atoms with Gasteiger partial charge in [0.25, 0.3) is 0 Å². The van der Waals surface area contributed by atoms with Crippen molar-refractivity contribution in [1.82, 2.24) is 0 Å². The smallest absolute Gasteiger partial charge is 0.140 e. The topological polar surface area (TPSA) is 9.23 Å². The zero-order valence-electron chi connectivity index (χ0n) is 16.3. The Morgan fingerprint density at radius 1 is 0.897 bits per heavy atom. The van der Waals surface area contributed by atoms with Crippen LogP contribution in [0.25, 0.3) is 11.1 Å². The van der Waals surface area contributed by atoms with E-state index in [1.807, 2.05) is 54.6 Å². The van der Waals surface area contributed by atoms with Gasteiger partial charge in [-0.2, -0.15) is 0 Å². The van der Waals surface area contributed by atoms with E-state index in [0.717, 1.165) is 35.3 Å². The van der Waals surface area contributed by atoms with E-state index in [1.165, 1.54) is 6.07 Å². The van der Waals surface area contributed by atoms with Gasteiger partial charge in [0.15, 0.2) is 0 Å². The second-order valence-corrected chi connectivity index (χ2v) is 6.98. The highest BCUT2D eigenvalue weighted by atomic mass is 35.5. The fourth-order valence-corrected chi connectivity index (χ4v) is 2.88. The lowest BCUT2D eigenvalue weighted by atomic mass is 10.0. The zero-order valence-corrected chi connectivity index (χ0v) is 17.0. The van der Waals surface area contributed by atoms with E-state index < -0.39 is 5.82 Å². The Morgan fingerprint density at radius 2 is 1.59 bits per heavy atom. The van der Waals surface area contributed by atoms with Crippen LogP contribution in [0.2, 0.25) is 5.02 Å². The predicted octanol–water partition coefficient (Wildman–Crippen LogP) is 7.28. The van der Waals surface area contributed by atoms with E-state index in [2.05, 4.69) is 24.8 Å². The number of benzene rings is 3. The van der Waals surface area contributed by atoms with Gasteiger partial charge in [0.1, 0.15) is 18.2 Å². The van der Waals surface area contributed by atoms with Crippen molar-refractivity contribution in [1.29, 1.82) is 0 Å². The molecule has 0 aliphatic heterocycles. The molecule has 0 heterocycles. The Morgan fingerprint density at radius 3 is 2.24 bits per heavy atom. The molecule has 146 valence electrons. The molecule has 3 aromatic rings. The largest absolute Gasteiger partial charge is 0.490 e. The van der Waals surface area contributed by atoms with Crippen LogP contribution in [0.15, 0.2) is 78.9 Å². The van der Waals surface area contributed by atoms with Gasteiger partial charge in [-0.05, 0) is 60.0 Å². The molecular formula is C26H22ClFO. The third-order valence-corrected chi connectivity index (χ3v) is 4.55. The van der Waals surface area contributed by atoms with Crippen LogP contribution in [-0.2, 0) is 0 Å². The fraction of sp³-hybridized carbons (Fsp3) is 0.154. The van der Waals surface area contributed by atoms with Crippen LogP contribution in [0, 0.1) is 17.7 Å². The number of hydrogen-bond acceptors (Lipinski definition) is 1. The van der Waals surface area contributed by atoms with Crippen LogP contribution < -0.4 is 4.74 Å². The molecule has 0 radical (unpaired) electrons. The van der Waals surface area contributed by atoms with Crippen LogP contribution in [0.4, 0.5) is 4.39 Å². The van der Waals surface area contributed by atoms with E-state index in [9.17, 15) is 4.39 Å². The van der Waals surface area contributed by atoms with Crippen molar-refractivity contribution in [3.63, 3.8) is 0 Å². The summed E-state index contributed by atoms with van der Waals surface area (Å²) in [5, 5.41) is 0.363. The third-order valence-electron chi connectivity index (χ3n) is 4.31. The van der Waals surface area contributed by atoms with Gasteiger partial charge in [0.2, 0.25) is 0 Å². The van der Waals surface area contributed by atoms with Crippen molar-refractivity contribution in [3.05, 3.63) is 101 Å². The summed E-state index contributed by atoms with van der Waals surface area (Å²) in [7, 11) is 0.